The lowest BCUT2D eigenvalue weighted by Crippen LogP contribution is -1.95. The van der Waals surface area contributed by atoms with Gasteiger partial charge in [0.1, 0.15) is 0 Å². The highest BCUT2D eigenvalue weighted by Crippen LogP contribution is 2.33. The molecule has 0 atom stereocenters. The Morgan fingerprint density at radius 1 is 0.441 bits per heavy atom. The van der Waals surface area contributed by atoms with Crippen LogP contribution in [0.3, 0.4) is 0 Å². The fraction of sp³-hybridized carbons (Fsp3) is 0. The molecule has 3 heteroatoms. The molecule has 3 nitrogen and oxygen atoms in total. The third kappa shape index (κ3) is 3.84. The van der Waals surface area contributed by atoms with Gasteiger partial charge in [-0.15, -0.1) is 0 Å². The van der Waals surface area contributed by atoms with Crippen LogP contribution >= 0.6 is 0 Å². The lowest BCUT2D eigenvalue weighted by atomic mass is 9.98. The summed E-state index contributed by atoms with van der Waals surface area (Å²) in [4.78, 5) is 14.2. The number of rotatable bonds is 4. The van der Waals surface area contributed by atoms with Crippen molar-refractivity contribution in [3.63, 3.8) is 0 Å². The molecule has 0 aliphatic carbocycles. The minimum Gasteiger partial charge on any atom is -0.264 e. The van der Waals surface area contributed by atoms with E-state index in [-0.39, 0.29) is 0 Å². The summed E-state index contributed by atoms with van der Waals surface area (Å²) in [6.07, 6.45) is 3.69. The number of nitrogens with zero attached hydrogens (tertiary/aromatic N) is 3. The van der Waals surface area contributed by atoms with Crippen LogP contribution in [0.1, 0.15) is 0 Å². The molecule has 0 aliphatic rings. The monoisotopic (exact) mass is 435 g/mol. The summed E-state index contributed by atoms with van der Waals surface area (Å²) in [6.45, 7) is 0. The van der Waals surface area contributed by atoms with Crippen LogP contribution in [0.5, 0.6) is 0 Å². The number of aromatic nitrogens is 3. The van der Waals surface area contributed by atoms with Crippen LogP contribution in [-0.2, 0) is 0 Å². The third-order valence-electron chi connectivity index (χ3n) is 5.97. The van der Waals surface area contributed by atoms with E-state index in [1.807, 2.05) is 48.7 Å². The maximum absolute atomic E-state index is 4.98. The zero-order valence-electron chi connectivity index (χ0n) is 18.5. The van der Waals surface area contributed by atoms with Crippen molar-refractivity contribution >= 4 is 10.9 Å². The van der Waals surface area contributed by atoms with E-state index in [0.717, 1.165) is 55.8 Å². The van der Waals surface area contributed by atoms with Gasteiger partial charge in [-0.1, -0.05) is 91.0 Å². The van der Waals surface area contributed by atoms with E-state index in [1.54, 1.807) is 6.20 Å². The number of hydrogen-bond donors (Lipinski definition) is 0. The molecule has 0 amide bonds. The van der Waals surface area contributed by atoms with Crippen LogP contribution < -0.4 is 0 Å². The normalized spacial score (nSPS) is 10.9. The molecule has 0 saturated carbocycles. The van der Waals surface area contributed by atoms with Crippen molar-refractivity contribution in [1.29, 1.82) is 0 Å². The first kappa shape index (κ1) is 20.0. The lowest BCUT2D eigenvalue weighted by Gasteiger charge is -2.11. The average molecular weight is 436 g/mol. The summed E-state index contributed by atoms with van der Waals surface area (Å²) in [5.74, 6) is 0.730. The molecule has 6 aromatic rings. The maximum atomic E-state index is 4.98. The van der Waals surface area contributed by atoms with Crippen molar-refractivity contribution in [3.05, 3.63) is 128 Å². The van der Waals surface area contributed by atoms with Crippen molar-refractivity contribution in [3.8, 4) is 44.9 Å². The summed E-state index contributed by atoms with van der Waals surface area (Å²) in [5, 5.41) is 1.04. The summed E-state index contributed by atoms with van der Waals surface area (Å²) in [6, 6.07) is 39.5. The average Bonchev–Trinajstić information content (AvgIpc) is 2.93. The molecule has 2 aromatic heterocycles. The second-order valence-electron chi connectivity index (χ2n) is 8.18. The molecule has 0 aliphatic heterocycles. The van der Waals surface area contributed by atoms with Gasteiger partial charge in [0.2, 0.25) is 0 Å². The van der Waals surface area contributed by atoms with Gasteiger partial charge >= 0.3 is 0 Å². The van der Waals surface area contributed by atoms with Crippen molar-refractivity contribution in [2.75, 3.05) is 0 Å². The first-order valence-electron chi connectivity index (χ1n) is 11.3. The number of fused-ring (bicyclic) bond motifs is 1. The van der Waals surface area contributed by atoms with Crippen molar-refractivity contribution in [2.45, 2.75) is 0 Å². The van der Waals surface area contributed by atoms with Crippen molar-refractivity contribution in [2.24, 2.45) is 0 Å². The first-order valence-corrected chi connectivity index (χ1v) is 11.3. The van der Waals surface area contributed by atoms with Crippen molar-refractivity contribution in [1.82, 2.24) is 15.0 Å². The molecule has 160 valence electrons. The van der Waals surface area contributed by atoms with E-state index in [0.29, 0.717) is 0 Å². The highest BCUT2D eigenvalue weighted by molar-refractivity contribution is 5.96. The molecular formula is C31H21N3. The molecule has 0 spiro atoms. The third-order valence-corrected chi connectivity index (χ3v) is 5.97. The zero-order chi connectivity index (χ0) is 22.7. The molecule has 2 heterocycles. The Kier molecular flexibility index (Phi) is 5.13. The Balaban J connectivity index is 1.53. The Bertz CT molecular complexity index is 1580. The molecular weight excluding hydrogens is 414 g/mol. The predicted octanol–water partition coefficient (Wildman–Crippen LogP) is 7.69. The van der Waals surface area contributed by atoms with E-state index in [9.17, 15) is 0 Å². The molecule has 0 unspecified atom stereocenters. The van der Waals surface area contributed by atoms with Crippen LogP contribution in [0.2, 0.25) is 0 Å². The molecule has 6 rings (SSSR count). The quantitative estimate of drug-likeness (QED) is 0.285. The van der Waals surface area contributed by atoms with Crippen molar-refractivity contribution < 1.29 is 0 Å². The molecule has 0 fully saturated rings. The number of benzene rings is 4. The Morgan fingerprint density at radius 3 is 1.82 bits per heavy atom. The standard InChI is InChI=1S/C31H21N3/c1-3-9-22(10-4-1)30-28-17-16-26(20-29(28)33-31(34-30)23-11-5-2-6-12-23)24-13-7-14-25(19-24)27-15-8-18-32-21-27/h1-21H. The Hall–Kier alpha value is -4.63. The molecule has 0 bridgehead atoms. The second-order valence-corrected chi connectivity index (χ2v) is 8.18. The first-order chi connectivity index (χ1) is 16.8. The predicted molar refractivity (Wildman–Crippen MR) is 139 cm³/mol. The van der Waals surface area contributed by atoms with E-state index in [1.165, 1.54) is 0 Å². The zero-order valence-corrected chi connectivity index (χ0v) is 18.5. The van der Waals surface area contributed by atoms with Gasteiger partial charge in [0, 0.05) is 34.5 Å². The van der Waals surface area contributed by atoms with Gasteiger partial charge in [0.25, 0.3) is 0 Å². The van der Waals surface area contributed by atoms with Crippen LogP contribution in [0.15, 0.2) is 128 Å². The smallest absolute Gasteiger partial charge is 0.160 e. The largest absolute Gasteiger partial charge is 0.264 e. The molecule has 0 saturated heterocycles. The van der Waals surface area contributed by atoms with Gasteiger partial charge in [-0.05, 0) is 41.0 Å². The minimum absolute atomic E-state index is 0.730. The topological polar surface area (TPSA) is 38.7 Å². The summed E-state index contributed by atoms with van der Waals surface area (Å²) in [7, 11) is 0. The van der Waals surface area contributed by atoms with Gasteiger partial charge in [0.15, 0.2) is 5.82 Å². The SMILES string of the molecule is c1ccc(-c2nc(-c3ccccc3)c3ccc(-c4cccc(-c5cccnc5)c4)cc3n2)cc1. The molecule has 4 aromatic carbocycles. The minimum atomic E-state index is 0.730. The maximum Gasteiger partial charge on any atom is 0.160 e. The summed E-state index contributed by atoms with van der Waals surface area (Å²) < 4.78 is 0. The van der Waals surface area contributed by atoms with Crippen LogP contribution in [0.25, 0.3) is 55.8 Å². The van der Waals surface area contributed by atoms with Gasteiger partial charge in [-0.3, -0.25) is 4.98 Å². The van der Waals surface area contributed by atoms with Crippen LogP contribution in [-0.4, -0.2) is 15.0 Å². The lowest BCUT2D eigenvalue weighted by molar-refractivity contribution is 1.23. The van der Waals surface area contributed by atoms with Gasteiger partial charge < -0.3 is 0 Å². The van der Waals surface area contributed by atoms with Crippen LogP contribution in [0.4, 0.5) is 0 Å². The Morgan fingerprint density at radius 2 is 1.09 bits per heavy atom. The van der Waals surface area contributed by atoms with Crippen LogP contribution in [0, 0.1) is 0 Å². The van der Waals surface area contributed by atoms with Gasteiger partial charge in [-0.2, -0.15) is 0 Å². The molecule has 0 N–H and O–H groups in total. The molecule has 34 heavy (non-hydrogen) atoms. The van der Waals surface area contributed by atoms with E-state index < -0.39 is 0 Å². The van der Waals surface area contributed by atoms with E-state index >= 15 is 0 Å². The summed E-state index contributed by atoms with van der Waals surface area (Å²) in [5.41, 5.74) is 8.47. The van der Waals surface area contributed by atoms with Gasteiger partial charge in [-0.25, -0.2) is 9.97 Å². The number of pyridine rings is 1. The van der Waals surface area contributed by atoms with Gasteiger partial charge in [0.05, 0.1) is 11.2 Å². The Labute approximate surface area is 198 Å². The number of hydrogen-bond acceptors (Lipinski definition) is 3. The fourth-order valence-corrected chi connectivity index (χ4v) is 4.25. The molecule has 0 radical (unpaired) electrons. The van der Waals surface area contributed by atoms with E-state index in [2.05, 4.69) is 77.8 Å². The van der Waals surface area contributed by atoms with E-state index in [4.69, 9.17) is 9.97 Å². The summed E-state index contributed by atoms with van der Waals surface area (Å²) >= 11 is 0. The highest BCUT2D eigenvalue weighted by Gasteiger charge is 2.12. The highest BCUT2D eigenvalue weighted by atomic mass is 14.9. The second kappa shape index (κ2) is 8.72. The fourth-order valence-electron chi connectivity index (χ4n) is 4.25.